The van der Waals surface area contributed by atoms with E-state index in [1.807, 2.05) is 0 Å². The fraction of sp³-hybridized carbons (Fsp3) is 0.948. The Morgan fingerprint density at radius 3 is 0.740 bits per heavy atom. The number of aliphatic hydroxyl groups is 1. The third-order valence-corrected chi connectivity index (χ3v) is 20.1. The molecule has 0 saturated heterocycles. The second-order valence-electron chi connectivity index (χ2n) is 29.4. The van der Waals surface area contributed by atoms with Crippen molar-refractivity contribution in [1.82, 2.24) is 0 Å². The lowest BCUT2D eigenvalue weighted by Gasteiger charge is -2.21. The van der Waals surface area contributed by atoms with E-state index in [0.717, 1.165) is 114 Å². The fourth-order valence-corrected chi connectivity index (χ4v) is 13.3. The van der Waals surface area contributed by atoms with Gasteiger partial charge in [0.1, 0.15) is 19.3 Å². The highest BCUT2D eigenvalue weighted by Gasteiger charge is 2.30. The van der Waals surface area contributed by atoms with E-state index in [0.29, 0.717) is 25.7 Å². The highest BCUT2D eigenvalue weighted by Crippen LogP contribution is 2.45. The van der Waals surface area contributed by atoms with Crippen molar-refractivity contribution in [3.63, 3.8) is 0 Å². The summed E-state index contributed by atoms with van der Waals surface area (Å²) in [7, 11) is -9.91. The van der Waals surface area contributed by atoms with Crippen LogP contribution in [0.4, 0.5) is 0 Å². The molecular formula is C77H150O17P2. The molecule has 0 aromatic heterocycles. The largest absolute Gasteiger partial charge is 0.472 e. The van der Waals surface area contributed by atoms with Gasteiger partial charge in [-0.2, -0.15) is 0 Å². The highest BCUT2D eigenvalue weighted by molar-refractivity contribution is 7.47. The number of phosphoric acid groups is 2. The van der Waals surface area contributed by atoms with E-state index in [2.05, 4.69) is 55.4 Å². The first-order valence-corrected chi connectivity index (χ1v) is 42.7. The van der Waals surface area contributed by atoms with Crippen LogP contribution in [0.15, 0.2) is 0 Å². The Kier molecular flexibility index (Phi) is 65.0. The van der Waals surface area contributed by atoms with Gasteiger partial charge in [0, 0.05) is 25.7 Å². The average molecular weight is 1410 g/mol. The summed E-state index contributed by atoms with van der Waals surface area (Å²) in [6, 6.07) is 0. The molecule has 570 valence electrons. The summed E-state index contributed by atoms with van der Waals surface area (Å²) >= 11 is 0. The van der Waals surface area contributed by atoms with Crippen molar-refractivity contribution in [3.8, 4) is 0 Å². The molecule has 0 rings (SSSR count). The predicted molar refractivity (Wildman–Crippen MR) is 391 cm³/mol. The minimum atomic E-state index is -4.96. The summed E-state index contributed by atoms with van der Waals surface area (Å²) < 4.78 is 68.5. The van der Waals surface area contributed by atoms with Gasteiger partial charge in [-0.25, -0.2) is 9.13 Å². The highest BCUT2D eigenvalue weighted by atomic mass is 31.2. The second-order valence-corrected chi connectivity index (χ2v) is 32.3. The third kappa shape index (κ3) is 69.2. The molecule has 0 aromatic carbocycles. The Balaban J connectivity index is 5.24. The lowest BCUT2D eigenvalue weighted by atomic mass is 9.99. The number of phosphoric ester groups is 2. The van der Waals surface area contributed by atoms with E-state index in [1.165, 1.54) is 193 Å². The van der Waals surface area contributed by atoms with E-state index in [4.69, 9.17) is 37.0 Å². The molecule has 17 nitrogen and oxygen atoms in total. The van der Waals surface area contributed by atoms with E-state index in [9.17, 15) is 43.2 Å². The van der Waals surface area contributed by atoms with Crippen molar-refractivity contribution in [2.75, 3.05) is 39.6 Å². The first kappa shape index (κ1) is 94.1. The summed E-state index contributed by atoms with van der Waals surface area (Å²) in [6.07, 6.45) is 51.4. The van der Waals surface area contributed by atoms with E-state index >= 15 is 0 Å². The van der Waals surface area contributed by atoms with Gasteiger partial charge >= 0.3 is 39.5 Å². The number of ether oxygens (including phenoxy) is 4. The normalized spacial score (nSPS) is 14.4. The summed E-state index contributed by atoms with van der Waals surface area (Å²) in [6.45, 7) is 14.2. The van der Waals surface area contributed by atoms with Crippen molar-refractivity contribution in [1.29, 1.82) is 0 Å². The molecule has 4 unspecified atom stereocenters. The van der Waals surface area contributed by atoms with Gasteiger partial charge in [0.25, 0.3) is 0 Å². The molecule has 3 N–H and O–H groups in total. The molecule has 0 spiro atoms. The maximum absolute atomic E-state index is 13.1. The number of hydrogen-bond donors (Lipinski definition) is 3. The Labute approximate surface area is 588 Å². The summed E-state index contributed by atoms with van der Waals surface area (Å²) in [5, 5.41) is 10.6. The molecule has 19 heteroatoms. The van der Waals surface area contributed by atoms with Crippen molar-refractivity contribution in [3.05, 3.63) is 0 Å². The smallest absolute Gasteiger partial charge is 0.462 e. The number of carbonyl (C=O) groups is 4. The molecule has 0 heterocycles. The number of rotatable bonds is 74. The van der Waals surface area contributed by atoms with Crippen LogP contribution in [0.3, 0.4) is 0 Å². The number of aliphatic hydroxyl groups excluding tert-OH is 1. The Morgan fingerprint density at radius 1 is 0.292 bits per heavy atom. The average Bonchev–Trinajstić information content (AvgIpc) is 2.25. The van der Waals surface area contributed by atoms with Gasteiger partial charge in [-0.05, 0) is 49.4 Å². The van der Waals surface area contributed by atoms with Crippen LogP contribution in [0.2, 0.25) is 0 Å². The molecule has 0 radical (unpaired) electrons. The molecule has 6 atom stereocenters. The molecule has 0 saturated carbocycles. The maximum Gasteiger partial charge on any atom is 0.472 e. The van der Waals surface area contributed by atoms with Crippen LogP contribution in [0.5, 0.6) is 0 Å². The minimum absolute atomic E-state index is 0.104. The third-order valence-electron chi connectivity index (χ3n) is 18.2. The molecular weight excluding hydrogens is 1260 g/mol. The number of esters is 4. The van der Waals surface area contributed by atoms with E-state index in [-0.39, 0.29) is 25.7 Å². The SMILES string of the molecule is CCC(C)CCCCCCCCCCCCCCCCC(=O)OC[C@H](COP(=O)(O)OCC(O)COP(=O)(O)OC[C@@H](COC(=O)CCCCCCCCCCC(C)C)OC(=O)CCCCCCCCCCC(C)C)OC(=O)CCCCCCCCCCCCCCCC(C)C. The second kappa shape index (κ2) is 66.3. The van der Waals surface area contributed by atoms with Gasteiger partial charge in [-0.3, -0.25) is 37.3 Å². The van der Waals surface area contributed by atoms with Gasteiger partial charge in [-0.15, -0.1) is 0 Å². The van der Waals surface area contributed by atoms with Crippen LogP contribution in [-0.4, -0.2) is 96.7 Å². The van der Waals surface area contributed by atoms with Gasteiger partial charge in [0.05, 0.1) is 26.4 Å². The maximum atomic E-state index is 13.1. The topological polar surface area (TPSA) is 237 Å². The Morgan fingerprint density at radius 2 is 0.500 bits per heavy atom. The molecule has 0 aliphatic heterocycles. The minimum Gasteiger partial charge on any atom is -0.462 e. The first-order chi connectivity index (χ1) is 46.1. The molecule has 0 bridgehead atoms. The molecule has 0 aliphatic rings. The standard InChI is InChI=1S/C77H150O17P2/c1-9-70(8)56-48-40-32-22-18-14-10-11-15-19-23-33-41-49-57-74(79)87-63-72(93-76(81)59-51-43-35-24-20-16-12-13-17-21-29-37-45-53-67(2)3)65-91-95(83,84)89-61-71(78)62-90-96(85,86)92-66-73(94-77(82)60-52-44-36-28-26-31-39-47-55-69(6)7)64-88-75(80)58-50-42-34-27-25-30-38-46-54-68(4)5/h67-73,78H,9-66H2,1-8H3,(H,83,84)(H,85,86)/t70?,71?,72-,73-/m1/s1. The molecule has 96 heavy (non-hydrogen) atoms. The number of unbranched alkanes of at least 4 members (excludes halogenated alkanes) is 39. The zero-order valence-electron chi connectivity index (χ0n) is 63.0. The monoisotopic (exact) mass is 1410 g/mol. The summed E-state index contributed by atoms with van der Waals surface area (Å²) in [5.41, 5.74) is 0. The Bertz CT molecular complexity index is 1890. The van der Waals surface area contributed by atoms with Crippen LogP contribution in [-0.2, 0) is 65.4 Å². The van der Waals surface area contributed by atoms with Crippen molar-refractivity contribution in [2.45, 2.75) is 408 Å². The lowest BCUT2D eigenvalue weighted by Crippen LogP contribution is -2.30. The zero-order valence-corrected chi connectivity index (χ0v) is 64.8. The van der Waals surface area contributed by atoms with Crippen LogP contribution < -0.4 is 0 Å². The fourth-order valence-electron chi connectivity index (χ4n) is 11.7. The van der Waals surface area contributed by atoms with Gasteiger partial charge < -0.3 is 33.8 Å². The van der Waals surface area contributed by atoms with Crippen LogP contribution in [0, 0.1) is 23.7 Å². The van der Waals surface area contributed by atoms with Crippen LogP contribution in [0.1, 0.15) is 389 Å². The van der Waals surface area contributed by atoms with Gasteiger partial charge in [0.15, 0.2) is 12.2 Å². The molecule has 0 amide bonds. The van der Waals surface area contributed by atoms with Crippen molar-refractivity contribution >= 4 is 39.5 Å². The van der Waals surface area contributed by atoms with E-state index < -0.39 is 97.5 Å². The van der Waals surface area contributed by atoms with Crippen molar-refractivity contribution < 1.29 is 80.2 Å². The Hall–Kier alpha value is -1.94. The molecule has 0 aliphatic carbocycles. The summed E-state index contributed by atoms with van der Waals surface area (Å²) in [5.74, 6) is 0.960. The zero-order chi connectivity index (χ0) is 71.0. The number of hydrogen-bond acceptors (Lipinski definition) is 15. The predicted octanol–water partition coefficient (Wildman–Crippen LogP) is 22.4. The van der Waals surface area contributed by atoms with Crippen LogP contribution in [0.25, 0.3) is 0 Å². The van der Waals surface area contributed by atoms with Gasteiger partial charge in [-0.1, -0.05) is 338 Å². The lowest BCUT2D eigenvalue weighted by molar-refractivity contribution is -0.161. The van der Waals surface area contributed by atoms with E-state index in [1.54, 1.807) is 0 Å². The molecule has 0 fully saturated rings. The van der Waals surface area contributed by atoms with Crippen LogP contribution >= 0.6 is 15.6 Å². The van der Waals surface area contributed by atoms with Gasteiger partial charge in [0.2, 0.25) is 0 Å². The summed E-state index contributed by atoms with van der Waals surface area (Å²) in [4.78, 5) is 72.8. The number of carbonyl (C=O) groups excluding carboxylic acids is 4. The first-order valence-electron chi connectivity index (χ1n) is 39.7. The quantitative estimate of drug-likeness (QED) is 0.0222. The molecule has 0 aromatic rings. The van der Waals surface area contributed by atoms with Crippen molar-refractivity contribution in [2.24, 2.45) is 23.7 Å².